The SMILES string of the molecule is COC(CNCCc1c(O)c(O)c(NC(=O)Cc2nc(N)sc2O)c(O)c1O)c1ccccc1. The maximum atomic E-state index is 12.3. The van der Waals surface area contributed by atoms with E-state index in [-0.39, 0.29) is 40.5 Å². The van der Waals surface area contributed by atoms with Gasteiger partial charge in [0, 0.05) is 19.2 Å². The molecule has 11 nitrogen and oxygen atoms in total. The van der Waals surface area contributed by atoms with Crippen molar-refractivity contribution in [3.8, 4) is 28.1 Å². The molecule has 0 radical (unpaired) electrons. The number of hydrogen-bond donors (Lipinski definition) is 8. The minimum atomic E-state index is -0.806. The molecule has 12 heteroatoms. The van der Waals surface area contributed by atoms with Crippen LogP contribution in [-0.2, 0) is 22.4 Å². The second-order valence-electron chi connectivity index (χ2n) is 7.37. The van der Waals surface area contributed by atoms with E-state index in [0.29, 0.717) is 6.54 Å². The molecule has 0 saturated carbocycles. The molecular formula is C22H26N4O7S. The number of nitrogen functional groups attached to an aromatic ring is 1. The van der Waals surface area contributed by atoms with Gasteiger partial charge in [-0.2, -0.15) is 0 Å². The van der Waals surface area contributed by atoms with Crippen molar-refractivity contribution in [1.82, 2.24) is 10.3 Å². The van der Waals surface area contributed by atoms with E-state index in [1.165, 1.54) is 0 Å². The number of aromatic nitrogens is 1. The molecule has 0 fully saturated rings. The number of rotatable bonds is 10. The molecule has 1 amide bonds. The van der Waals surface area contributed by atoms with Crippen LogP contribution in [-0.4, -0.2) is 56.6 Å². The summed E-state index contributed by atoms with van der Waals surface area (Å²) in [4.78, 5) is 16.1. The molecule has 34 heavy (non-hydrogen) atoms. The number of ether oxygens (including phenoxy) is 1. The number of thiazole rings is 1. The number of carbonyl (C=O) groups excluding carboxylic acids is 1. The highest BCUT2D eigenvalue weighted by Gasteiger charge is 2.25. The van der Waals surface area contributed by atoms with Gasteiger partial charge >= 0.3 is 0 Å². The molecule has 0 aliphatic carbocycles. The van der Waals surface area contributed by atoms with Crippen LogP contribution in [0.3, 0.4) is 0 Å². The number of nitrogens with one attached hydrogen (secondary N) is 2. The molecule has 1 atom stereocenters. The number of nitrogens with two attached hydrogens (primary N) is 1. The number of benzene rings is 2. The molecule has 0 spiro atoms. The van der Waals surface area contributed by atoms with Gasteiger partial charge in [0.25, 0.3) is 0 Å². The average molecular weight is 491 g/mol. The molecule has 3 aromatic rings. The molecular weight excluding hydrogens is 464 g/mol. The molecule has 0 saturated heterocycles. The second-order valence-corrected chi connectivity index (χ2v) is 8.38. The predicted octanol–water partition coefficient (Wildman–Crippen LogP) is 1.95. The zero-order valence-corrected chi connectivity index (χ0v) is 19.1. The number of methoxy groups -OCH3 is 1. The largest absolute Gasteiger partial charge is 0.504 e. The van der Waals surface area contributed by atoms with Crippen molar-refractivity contribution in [2.45, 2.75) is 18.9 Å². The van der Waals surface area contributed by atoms with Crippen LogP contribution in [0.5, 0.6) is 28.1 Å². The number of nitrogens with zero attached hydrogens (tertiary/aromatic N) is 1. The number of aromatic hydroxyl groups is 5. The fraction of sp³-hybridized carbons (Fsp3) is 0.273. The summed E-state index contributed by atoms with van der Waals surface area (Å²) in [5, 5.41) is 56.3. The van der Waals surface area contributed by atoms with Crippen LogP contribution in [0.25, 0.3) is 0 Å². The third kappa shape index (κ3) is 5.60. The summed E-state index contributed by atoms with van der Waals surface area (Å²) in [5.41, 5.74) is 5.80. The van der Waals surface area contributed by atoms with Gasteiger partial charge in [-0.25, -0.2) is 4.98 Å². The lowest BCUT2D eigenvalue weighted by atomic mass is 10.1. The van der Waals surface area contributed by atoms with E-state index in [1.807, 2.05) is 30.3 Å². The van der Waals surface area contributed by atoms with Gasteiger partial charge in [-0.1, -0.05) is 41.7 Å². The summed E-state index contributed by atoms with van der Waals surface area (Å²) in [6.45, 7) is 0.727. The molecule has 0 aliphatic heterocycles. The Kier molecular flexibility index (Phi) is 7.99. The highest BCUT2D eigenvalue weighted by molar-refractivity contribution is 7.17. The summed E-state index contributed by atoms with van der Waals surface area (Å²) < 4.78 is 5.47. The van der Waals surface area contributed by atoms with Crippen molar-refractivity contribution in [3.05, 3.63) is 47.2 Å². The van der Waals surface area contributed by atoms with Gasteiger partial charge in [-0.15, -0.1) is 0 Å². The Balaban J connectivity index is 1.65. The number of phenolic OH excluding ortho intramolecular Hbond substituents is 4. The van der Waals surface area contributed by atoms with Crippen molar-refractivity contribution in [2.24, 2.45) is 0 Å². The quantitative estimate of drug-likeness (QED) is 0.118. The third-order valence-corrected chi connectivity index (χ3v) is 5.85. The first-order valence-corrected chi connectivity index (χ1v) is 11.1. The Labute approximate surface area is 199 Å². The van der Waals surface area contributed by atoms with Gasteiger partial charge in [0.05, 0.1) is 12.5 Å². The van der Waals surface area contributed by atoms with E-state index in [4.69, 9.17) is 10.5 Å². The minimum Gasteiger partial charge on any atom is -0.504 e. The summed E-state index contributed by atoms with van der Waals surface area (Å²) >= 11 is 0.791. The summed E-state index contributed by atoms with van der Waals surface area (Å²) in [7, 11) is 1.59. The highest BCUT2D eigenvalue weighted by atomic mass is 32.1. The lowest BCUT2D eigenvalue weighted by molar-refractivity contribution is -0.115. The zero-order chi connectivity index (χ0) is 24.8. The van der Waals surface area contributed by atoms with Crippen LogP contribution in [0.4, 0.5) is 10.8 Å². The average Bonchev–Trinajstić information content (AvgIpc) is 3.14. The molecule has 0 aliphatic rings. The molecule has 9 N–H and O–H groups in total. The topological polar surface area (TPSA) is 190 Å². The van der Waals surface area contributed by atoms with Crippen molar-refractivity contribution >= 4 is 28.1 Å². The van der Waals surface area contributed by atoms with Crippen molar-refractivity contribution in [1.29, 1.82) is 0 Å². The molecule has 1 aromatic heterocycles. The van der Waals surface area contributed by atoms with Crippen LogP contribution in [0.2, 0.25) is 0 Å². The predicted molar refractivity (Wildman–Crippen MR) is 126 cm³/mol. The van der Waals surface area contributed by atoms with Crippen LogP contribution < -0.4 is 16.4 Å². The van der Waals surface area contributed by atoms with Gasteiger partial charge in [-0.05, 0) is 18.5 Å². The first-order valence-electron chi connectivity index (χ1n) is 10.2. The van der Waals surface area contributed by atoms with Gasteiger partial charge in [0.15, 0.2) is 33.2 Å². The minimum absolute atomic E-state index is 0.0139. The molecule has 1 heterocycles. The Hall–Kier alpha value is -3.74. The zero-order valence-electron chi connectivity index (χ0n) is 18.3. The first-order chi connectivity index (χ1) is 16.2. The maximum absolute atomic E-state index is 12.3. The van der Waals surface area contributed by atoms with Gasteiger partial charge < -0.3 is 46.6 Å². The van der Waals surface area contributed by atoms with E-state index in [2.05, 4.69) is 15.6 Å². The first kappa shape index (κ1) is 24.9. The smallest absolute Gasteiger partial charge is 0.230 e. The Morgan fingerprint density at radius 1 is 1.09 bits per heavy atom. The summed E-state index contributed by atoms with van der Waals surface area (Å²) in [5.74, 6) is -3.75. The molecule has 3 rings (SSSR count). The number of phenols is 4. The Morgan fingerprint density at radius 2 is 1.74 bits per heavy atom. The number of amides is 1. The van der Waals surface area contributed by atoms with Crippen LogP contribution in [0, 0.1) is 0 Å². The van der Waals surface area contributed by atoms with Gasteiger partial charge in [0.1, 0.15) is 11.4 Å². The number of anilines is 2. The second kappa shape index (κ2) is 10.9. The normalized spacial score (nSPS) is 11.9. The van der Waals surface area contributed by atoms with E-state index >= 15 is 0 Å². The maximum Gasteiger partial charge on any atom is 0.230 e. The Morgan fingerprint density at radius 3 is 2.29 bits per heavy atom. The van der Waals surface area contributed by atoms with Crippen LogP contribution in [0.15, 0.2) is 30.3 Å². The number of carbonyl (C=O) groups is 1. The van der Waals surface area contributed by atoms with E-state index in [9.17, 15) is 30.3 Å². The van der Waals surface area contributed by atoms with Gasteiger partial charge in [0.2, 0.25) is 5.91 Å². The standard InChI is InChI=1S/C22H26N4O7S/c1-33-14(11-5-3-2-4-6-11)10-24-8-7-12-17(28)19(30)16(20(31)18(12)29)26-15(27)9-13-21(32)34-22(23)25-13/h2-6,14,24,28-32H,7-10H2,1H3,(H2,23,25)(H,26,27). The molecule has 182 valence electrons. The van der Waals surface area contributed by atoms with Crippen molar-refractivity contribution in [2.75, 3.05) is 31.2 Å². The summed E-state index contributed by atoms with van der Waals surface area (Å²) in [6, 6.07) is 9.57. The fourth-order valence-electron chi connectivity index (χ4n) is 3.37. The van der Waals surface area contributed by atoms with Crippen LogP contribution in [0.1, 0.15) is 22.9 Å². The van der Waals surface area contributed by atoms with Crippen molar-refractivity contribution < 1.29 is 35.1 Å². The van der Waals surface area contributed by atoms with Crippen molar-refractivity contribution in [3.63, 3.8) is 0 Å². The molecule has 2 aromatic carbocycles. The van der Waals surface area contributed by atoms with E-state index in [1.54, 1.807) is 7.11 Å². The fourth-order valence-corrected chi connectivity index (χ4v) is 3.96. The molecule has 0 bridgehead atoms. The number of hydrogen-bond acceptors (Lipinski definition) is 11. The monoisotopic (exact) mass is 490 g/mol. The van der Waals surface area contributed by atoms with Crippen LogP contribution >= 0.6 is 11.3 Å². The van der Waals surface area contributed by atoms with E-state index in [0.717, 1.165) is 16.9 Å². The van der Waals surface area contributed by atoms with Gasteiger partial charge in [-0.3, -0.25) is 4.79 Å². The lowest BCUT2D eigenvalue weighted by Gasteiger charge is -2.18. The molecule has 1 unspecified atom stereocenters. The Bertz CT molecular complexity index is 1120. The van der Waals surface area contributed by atoms with E-state index < -0.39 is 41.0 Å². The third-order valence-electron chi connectivity index (χ3n) is 5.12. The lowest BCUT2D eigenvalue weighted by Crippen LogP contribution is -2.25. The summed E-state index contributed by atoms with van der Waals surface area (Å²) in [6.07, 6.45) is -0.562. The highest BCUT2D eigenvalue weighted by Crippen LogP contribution is 2.50.